The first kappa shape index (κ1) is 10.6. The summed E-state index contributed by atoms with van der Waals surface area (Å²) in [5.41, 5.74) is 6.87. The molecule has 0 unspecified atom stereocenters. The van der Waals surface area contributed by atoms with Crippen LogP contribution in [-0.4, -0.2) is 21.7 Å². The summed E-state index contributed by atoms with van der Waals surface area (Å²) in [7, 11) is 0. The first-order chi connectivity index (χ1) is 8.68. The fourth-order valence-electron chi connectivity index (χ4n) is 2.04. The van der Waals surface area contributed by atoms with Crippen molar-refractivity contribution in [2.24, 2.45) is 10.7 Å². The molecule has 0 aliphatic carbocycles. The molecule has 1 aliphatic rings. The van der Waals surface area contributed by atoms with Gasteiger partial charge in [0.2, 0.25) is 0 Å². The van der Waals surface area contributed by atoms with Crippen molar-refractivity contribution < 1.29 is 9.18 Å². The number of para-hydroxylation sites is 1. The number of benzene rings is 1. The highest BCUT2D eigenvalue weighted by Crippen LogP contribution is 2.23. The number of carbonyl (C=O) groups is 1. The summed E-state index contributed by atoms with van der Waals surface area (Å²) in [6.07, 6.45) is 0.892. The monoisotopic (exact) mass is 244 g/mol. The van der Waals surface area contributed by atoms with Crippen molar-refractivity contribution >= 4 is 12.1 Å². The van der Waals surface area contributed by atoms with Crippen LogP contribution in [0.15, 0.2) is 29.3 Å². The van der Waals surface area contributed by atoms with E-state index in [1.54, 1.807) is 18.3 Å². The molecule has 3 rings (SSSR count). The first-order valence-electron chi connectivity index (χ1n) is 5.34. The summed E-state index contributed by atoms with van der Waals surface area (Å²) < 4.78 is 15.2. The fourth-order valence-corrected chi connectivity index (χ4v) is 2.04. The number of hydrogen-bond acceptors (Lipinski definition) is 3. The summed E-state index contributed by atoms with van der Waals surface area (Å²) >= 11 is 0. The molecule has 1 aromatic carbocycles. The van der Waals surface area contributed by atoms with Gasteiger partial charge in [0.05, 0.1) is 17.9 Å². The molecule has 1 aromatic heterocycles. The lowest BCUT2D eigenvalue weighted by molar-refractivity contribution is 0.0994. The van der Waals surface area contributed by atoms with Crippen molar-refractivity contribution in [2.75, 3.05) is 0 Å². The third kappa shape index (κ3) is 1.42. The van der Waals surface area contributed by atoms with Crippen molar-refractivity contribution in [3.8, 4) is 5.69 Å². The van der Waals surface area contributed by atoms with Crippen molar-refractivity contribution in [1.29, 1.82) is 0 Å². The Labute approximate surface area is 102 Å². The predicted molar refractivity (Wildman–Crippen MR) is 63.3 cm³/mol. The maximum absolute atomic E-state index is 13.9. The van der Waals surface area contributed by atoms with Gasteiger partial charge in [0, 0.05) is 11.8 Å². The van der Waals surface area contributed by atoms with Gasteiger partial charge < -0.3 is 5.73 Å². The molecule has 0 atom stereocenters. The summed E-state index contributed by atoms with van der Waals surface area (Å²) in [6, 6.07) is 7.17. The van der Waals surface area contributed by atoms with Gasteiger partial charge in [-0.05, 0) is 6.07 Å². The van der Waals surface area contributed by atoms with E-state index in [2.05, 4.69) is 9.98 Å². The maximum atomic E-state index is 13.9. The predicted octanol–water partition coefficient (Wildman–Crippen LogP) is 1.04. The number of rotatable bonds is 1. The number of fused-ring (bicyclic) bond motifs is 3. The third-order valence-electron chi connectivity index (χ3n) is 2.81. The van der Waals surface area contributed by atoms with Crippen LogP contribution in [0.3, 0.4) is 0 Å². The molecule has 2 aromatic rings. The van der Waals surface area contributed by atoms with Gasteiger partial charge in [-0.25, -0.2) is 0 Å². The zero-order valence-corrected chi connectivity index (χ0v) is 9.30. The molecule has 18 heavy (non-hydrogen) atoms. The fraction of sp³-hybridized carbons (Fsp3) is 0.0833. The minimum atomic E-state index is -0.753. The second-order valence-corrected chi connectivity index (χ2v) is 3.90. The van der Waals surface area contributed by atoms with Crippen LogP contribution >= 0.6 is 0 Å². The zero-order valence-electron chi connectivity index (χ0n) is 9.30. The number of aliphatic imine (C=N–C) groups is 1. The van der Waals surface area contributed by atoms with Gasteiger partial charge in [0.1, 0.15) is 0 Å². The number of imidazole rings is 1. The van der Waals surface area contributed by atoms with E-state index in [9.17, 15) is 9.18 Å². The molecule has 6 heteroatoms. The topological polar surface area (TPSA) is 73.3 Å². The van der Waals surface area contributed by atoms with E-state index >= 15 is 0 Å². The Balaban J connectivity index is 2.35. The molecule has 5 nitrogen and oxygen atoms in total. The lowest BCUT2D eigenvalue weighted by Gasteiger charge is -2.07. The van der Waals surface area contributed by atoms with Crippen molar-refractivity contribution in [3.05, 3.63) is 47.3 Å². The number of hydrogen-bond donors (Lipinski definition) is 1. The molecular formula is C12H9FN4O. The summed E-state index contributed by atoms with van der Waals surface area (Å²) in [5.74, 6) is -0.753. The molecular weight excluding hydrogens is 235 g/mol. The standard InChI is InChI=1S/C12H9FN4O/c13-12-16-10(11(14)18)9-6-15-5-7-3-1-2-4-8(7)17(9)12/h1-5H,6H2,(H2,14,18). The number of primary amides is 1. The molecule has 2 heterocycles. The van der Waals surface area contributed by atoms with Gasteiger partial charge in [0.25, 0.3) is 12.0 Å². The van der Waals surface area contributed by atoms with Gasteiger partial charge >= 0.3 is 0 Å². The van der Waals surface area contributed by atoms with Gasteiger partial charge in [-0.3, -0.25) is 14.4 Å². The summed E-state index contributed by atoms with van der Waals surface area (Å²) in [6.45, 7) is 0.171. The second-order valence-electron chi connectivity index (χ2n) is 3.90. The Morgan fingerprint density at radius 3 is 2.94 bits per heavy atom. The lowest BCUT2D eigenvalue weighted by Crippen LogP contribution is -2.14. The zero-order chi connectivity index (χ0) is 12.7. The molecule has 0 saturated carbocycles. The van der Waals surface area contributed by atoms with Crippen LogP contribution in [0.5, 0.6) is 0 Å². The van der Waals surface area contributed by atoms with E-state index in [-0.39, 0.29) is 12.2 Å². The Bertz CT molecular complexity index is 675. The summed E-state index contributed by atoms with van der Waals surface area (Å²) in [4.78, 5) is 19.0. The van der Waals surface area contributed by atoms with Gasteiger partial charge in [0.15, 0.2) is 5.69 Å². The molecule has 0 spiro atoms. The van der Waals surface area contributed by atoms with E-state index in [4.69, 9.17) is 5.73 Å². The van der Waals surface area contributed by atoms with Crippen molar-refractivity contribution in [1.82, 2.24) is 9.55 Å². The minimum Gasteiger partial charge on any atom is -0.364 e. The highest BCUT2D eigenvalue weighted by Gasteiger charge is 2.23. The van der Waals surface area contributed by atoms with Crippen molar-refractivity contribution in [3.63, 3.8) is 0 Å². The van der Waals surface area contributed by atoms with Crippen LogP contribution in [0.4, 0.5) is 4.39 Å². The summed E-state index contributed by atoms with van der Waals surface area (Å²) in [5, 5.41) is 0. The van der Waals surface area contributed by atoms with Crippen LogP contribution in [-0.2, 0) is 6.54 Å². The van der Waals surface area contributed by atoms with E-state index in [0.29, 0.717) is 11.4 Å². The quantitative estimate of drug-likeness (QED) is 0.814. The molecule has 0 bridgehead atoms. The van der Waals surface area contributed by atoms with Crippen LogP contribution in [0.25, 0.3) is 5.69 Å². The van der Waals surface area contributed by atoms with Crippen molar-refractivity contribution in [2.45, 2.75) is 6.54 Å². The van der Waals surface area contributed by atoms with E-state index in [1.165, 1.54) is 4.57 Å². The second kappa shape index (κ2) is 3.76. The van der Waals surface area contributed by atoms with Gasteiger partial charge in [-0.1, -0.05) is 18.2 Å². The number of halogens is 1. The number of amides is 1. The smallest absolute Gasteiger partial charge is 0.294 e. The van der Waals surface area contributed by atoms with Gasteiger partial charge in [-0.2, -0.15) is 9.37 Å². The number of carbonyl (C=O) groups excluding carboxylic acids is 1. The lowest BCUT2D eigenvalue weighted by atomic mass is 10.2. The Hall–Kier alpha value is -2.50. The minimum absolute atomic E-state index is 0.0682. The Morgan fingerprint density at radius 2 is 2.17 bits per heavy atom. The first-order valence-corrected chi connectivity index (χ1v) is 5.34. The number of aromatic nitrogens is 2. The average Bonchev–Trinajstić information content (AvgIpc) is 2.57. The Morgan fingerprint density at radius 1 is 1.39 bits per heavy atom. The van der Waals surface area contributed by atoms with Crippen LogP contribution in [0, 0.1) is 6.08 Å². The van der Waals surface area contributed by atoms with Crippen LogP contribution in [0.2, 0.25) is 0 Å². The Kier molecular flexibility index (Phi) is 2.22. The van der Waals surface area contributed by atoms with Crippen LogP contribution in [0.1, 0.15) is 21.7 Å². The van der Waals surface area contributed by atoms with E-state index in [1.807, 2.05) is 12.1 Å². The van der Waals surface area contributed by atoms with E-state index < -0.39 is 12.0 Å². The van der Waals surface area contributed by atoms with Gasteiger partial charge in [-0.15, -0.1) is 0 Å². The highest BCUT2D eigenvalue weighted by molar-refractivity contribution is 5.93. The molecule has 0 saturated heterocycles. The van der Waals surface area contributed by atoms with Crippen LogP contribution < -0.4 is 5.73 Å². The molecule has 0 fully saturated rings. The number of nitrogens with zero attached hydrogens (tertiary/aromatic N) is 3. The third-order valence-corrected chi connectivity index (χ3v) is 2.81. The molecule has 90 valence electrons. The molecule has 2 N–H and O–H groups in total. The largest absolute Gasteiger partial charge is 0.364 e. The molecule has 0 radical (unpaired) electrons. The molecule has 1 amide bonds. The maximum Gasteiger partial charge on any atom is 0.294 e. The SMILES string of the molecule is NC(=O)c1nc(F)n2c1CN=Cc1ccccc1-2. The molecule has 1 aliphatic heterocycles. The normalized spacial score (nSPS) is 12.7. The van der Waals surface area contributed by atoms with E-state index in [0.717, 1.165) is 5.56 Å². The average molecular weight is 244 g/mol. The highest BCUT2D eigenvalue weighted by atomic mass is 19.1. The number of nitrogens with two attached hydrogens (primary N) is 1.